The molecular formula is C15H18O2. The standard InChI is InChI=1S/C15H18O2/c1-3-17-14(16)13-9-15(13)7-6-11-8-10(2)4-5-12(11)15/h4-5,8,13H,3,6-7,9H2,1-2H3. The number of carbonyl (C=O) groups is 1. The Bertz CT molecular complexity index is 478. The molecule has 1 spiro atoms. The van der Waals surface area contributed by atoms with E-state index >= 15 is 0 Å². The van der Waals surface area contributed by atoms with Crippen LogP contribution < -0.4 is 0 Å². The van der Waals surface area contributed by atoms with Crippen molar-refractivity contribution in [1.82, 2.24) is 0 Å². The molecule has 2 aliphatic carbocycles. The van der Waals surface area contributed by atoms with Gasteiger partial charge in [-0.3, -0.25) is 4.79 Å². The molecule has 0 heterocycles. The molecule has 1 saturated carbocycles. The van der Waals surface area contributed by atoms with Crippen molar-refractivity contribution in [3.05, 3.63) is 34.9 Å². The summed E-state index contributed by atoms with van der Waals surface area (Å²) in [5.41, 5.74) is 4.29. The Morgan fingerprint density at radius 3 is 3.12 bits per heavy atom. The van der Waals surface area contributed by atoms with E-state index in [1.807, 2.05) is 6.92 Å². The van der Waals surface area contributed by atoms with E-state index in [0.717, 1.165) is 19.3 Å². The number of benzene rings is 1. The first-order chi connectivity index (χ1) is 8.17. The zero-order chi connectivity index (χ0) is 12.0. The quantitative estimate of drug-likeness (QED) is 0.730. The average molecular weight is 230 g/mol. The van der Waals surface area contributed by atoms with Gasteiger partial charge < -0.3 is 4.74 Å². The van der Waals surface area contributed by atoms with Crippen LogP contribution in [-0.4, -0.2) is 12.6 Å². The van der Waals surface area contributed by atoms with Crippen molar-refractivity contribution < 1.29 is 9.53 Å². The normalized spacial score (nSPS) is 29.2. The number of hydrogen-bond acceptors (Lipinski definition) is 2. The molecule has 1 aromatic rings. The predicted octanol–water partition coefficient (Wildman–Crippen LogP) is 2.76. The molecule has 0 aliphatic heterocycles. The van der Waals surface area contributed by atoms with Gasteiger partial charge in [-0.05, 0) is 44.2 Å². The van der Waals surface area contributed by atoms with Gasteiger partial charge in [0.25, 0.3) is 0 Å². The molecular weight excluding hydrogens is 212 g/mol. The van der Waals surface area contributed by atoms with Crippen LogP contribution in [0.3, 0.4) is 0 Å². The first kappa shape index (κ1) is 10.8. The zero-order valence-electron chi connectivity index (χ0n) is 10.5. The summed E-state index contributed by atoms with van der Waals surface area (Å²) in [5.74, 6) is 0.118. The first-order valence-electron chi connectivity index (χ1n) is 6.44. The highest BCUT2D eigenvalue weighted by Gasteiger charge is 2.62. The maximum absolute atomic E-state index is 11.8. The molecule has 2 heteroatoms. The summed E-state index contributed by atoms with van der Waals surface area (Å²) in [6.07, 6.45) is 3.23. The fourth-order valence-corrected chi connectivity index (χ4v) is 3.34. The van der Waals surface area contributed by atoms with Crippen LogP contribution in [0.25, 0.3) is 0 Å². The fraction of sp³-hybridized carbons (Fsp3) is 0.533. The third kappa shape index (κ3) is 1.50. The molecule has 3 rings (SSSR count). The molecule has 2 aliphatic rings. The van der Waals surface area contributed by atoms with Gasteiger partial charge in [-0.1, -0.05) is 23.8 Å². The Kier molecular flexibility index (Phi) is 2.29. The van der Waals surface area contributed by atoms with Crippen molar-refractivity contribution in [1.29, 1.82) is 0 Å². The highest BCUT2D eigenvalue weighted by Crippen LogP contribution is 2.61. The second kappa shape index (κ2) is 3.59. The van der Waals surface area contributed by atoms with E-state index in [1.54, 1.807) is 0 Å². The average Bonchev–Trinajstić information content (AvgIpc) is 2.92. The number of esters is 1. The minimum atomic E-state index is 0.000856. The Balaban J connectivity index is 1.88. The smallest absolute Gasteiger partial charge is 0.309 e. The van der Waals surface area contributed by atoms with E-state index in [1.165, 1.54) is 16.7 Å². The Morgan fingerprint density at radius 2 is 2.35 bits per heavy atom. The van der Waals surface area contributed by atoms with Crippen molar-refractivity contribution in [2.45, 2.75) is 38.5 Å². The lowest BCUT2D eigenvalue weighted by atomic mass is 9.94. The van der Waals surface area contributed by atoms with Gasteiger partial charge in [0.1, 0.15) is 0 Å². The number of ether oxygens (including phenoxy) is 1. The van der Waals surface area contributed by atoms with Crippen LogP contribution in [0.5, 0.6) is 0 Å². The molecule has 1 aromatic carbocycles. The second-order valence-electron chi connectivity index (χ2n) is 5.33. The lowest BCUT2D eigenvalue weighted by Crippen LogP contribution is -2.15. The zero-order valence-corrected chi connectivity index (χ0v) is 10.5. The van der Waals surface area contributed by atoms with Crippen molar-refractivity contribution in [2.75, 3.05) is 6.61 Å². The van der Waals surface area contributed by atoms with E-state index in [0.29, 0.717) is 6.61 Å². The van der Waals surface area contributed by atoms with Crippen LogP contribution in [0.2, 0.25) is 0 Å². The second-order valence-corrected chi connectivity index (χ2v) is 5.33. The molecule has 0 radical (unpaired) electrons. The van der Waals surface area contributed by atoms with E-state index in [9.17, 15) is 4.79 Å². The number of rotatable bonds is 2. The minimum Gasteiger partial charge on any atom is -0.466 e. The van der Waals surface area contributed by atoms with Gasteiger partial charge in [0.15, 0.2) is 0 Å². The minimum absolute atomic E-state index is 0.000856. The van der Waals surface area contributed by atoms with Gasteiger partial charge in [0.2, 0.25) is 0 Å². The molecule has 17 heavy (non-hydrogen) atoms. The van der Waals surface area contributed by atoms with Crippen LogP contribution in [0.4, 0.5) is 0 Å². The number of aryl methyl sites for hydroxylation is 2. The Labute approximate surface area is 102 Å². The van der Waals surface area contributed by atoms with Gasteiger partial charge in [-0.2, -0.15) is 0 Å². The third-order valence-electron chi connectivity index (χ3n) is 4.28. The topological polar surface area (TPSA) is 26.3 Å². The molecule has 0 amide bonds. The Hall–Kier alpha value is -1.31. The van der Waals surface area contributed by atoms with E-state index < -0.39 is 0 Å². The highest BCUT2D eigenvalue weighted by molar-refractivity contribution is 5.80. The van der Waals surface area contributed by atoms with Gasteiger partial charge in [-0.15, -0.1) is 0 Å². The molecule has 2 atom stereocenters. The Morgan fingerprint density at radius 1 is 1.53 bits per heavy atom. The maximum atomic E-state index is 11.8. The molecule has 2 unspecified atom stereocenters. The number of hydrogen-bond donors (Lipinski definition) is 0. The molecule has 0 bridgehead atoms. The summed E-state index contributed by atoms with van der Waals surface area (Å²) in [6, 6.07) is 6.65. The van der Waals surface area contributed by atoms with Crippen LogP contribution in [-0.2, 0) is 21.4 Å². The number of fused-ring (bicyclic) bond motifs is 2. The molecule has 90 valence electrons. The molecule has 1 fully saturated rings. The van der Waals surface area contributed by atoms with Crippen LogP contribution in [0.15, 0.2) is 18.2 Å². The molecule has 2 nitrogen and oxygen atoms in total. The van der Waals surface area contributed by atoms with Crippen LogP contribution >= 0.6 is 0 Å². The summed E-state index contributed by atoms with van der Waals surface area (Å²) >= 11 is 0. The molecule has 0 saturated heterocycles. The summed E-state index contributed by atoms with van der Waals surface area (Å²) < 4.78 is 5.15. The van der Waals surface area contributed by atoms with Gasteiger partial charge >= 0.3 is 5.97 Å². The van der Waals surface area contributed by atoms with Gasteiger partial charge in [-0.25, -0.2) is 0 Å². The maximum Gasteiger partial charge on any atom is 0.309 e. The van der Waals surface area contributed by atoms with Crippen molar-refractivity contribution in [3.63, 3.8) is 0 Å². The fourth-order valence-electron chi connectivity index (χ4n) is 3.34. The summed E-state index contributed by atoms with van der Waals surface area (Å²) in [6.45, 7) is 4.49. The highest BCUT2D eigenvalue weighted by atomic mass is 16.5. The van der Waals surface area contributed by atoms with Gasteiger partial charge in [0, 0.05) is 5.41 Å². The van der Waals surface area contributed by atoms with Gasteiger partial charge in [0.05, 0.1) is 12.5 Å². The first-order valence-corrected chi connectivity index (χ1v) is 6.44. The van der Waals surface area contributed by atoms with Crippen molar-refractivity contribution in [2.24, 2.45) is 5.92 Å². The van der Waals surface area contributed by atoms with E-state index in [-0.39, 0.29) is 17.3 Å². The SMILES string of the molecule is CCOC(=O)C1CC12CCc1cc(C)ccc12. The van der Waals surface area contributed by atoms with Crippen LogP contribution in [0.1, 0.15) is 36.5 Å². The molecule has 0 N–H and O–H groups in total. The summed E-state index contributed by atoms with van der Waals surface area (Å²) in [4.78, 5) is 11.8. The van der Waals surface area contributed by atoms with Crippen molar-refractivity contribution >= 4 is 5.97 Å². The summed E-state index contributed by atoms with van der Waals surface area (Å²) in [5, 5.41) is 0. The predicted molar refractivity (Wildman–Crippen MR) is 65.9 cm³/mol. The van der Waals surface area contributed by atoms with E-state index in [2.05, 4.69) is 25.1 Å². The largest absolute Gasteiger partial charge is 0.466 e. The van der Waals surface area contributed by atoms with E-state index in [4.69, 9.17) is 4.74 Å². The van der Waals surface area contributed by atoms with Crippen LogP contribution in [0, 0.1) is 12.8 Å². The molecule has 0 aromatic heterocycles. The lowest BCUT2D eigenvalue weighted by Gasteiger charge is -2.11. The summed E-state index contributed by atoms with van der Waals surface area (Å²) in [7, 11) is 0. The van der Waals surface area contributed by atoms with Crippen molar-refractivity contribution in [3.8, 4) is 0 Å². The lowest BCUT2D eigenvalue weighted by molar-refractivity contribution is -0.145. The number of carbonyl (C=O) groups excluding carboxylic acids is 1. The third-order valence-corrected chi connectivity index (χ3v) is 4.28. The monoisotopic (exact) mass is 230 g/mol.